The summed E-state index contributed by atoms with van der Waals surface area (Å²) in [5.74, 6) is 3.00. The molecule has 1 saturated carbocycles. The number of anilines is 2. The van der Waals surface area contributed by atoms with E-state index in [9.17, 15) is 4.79 Å². The SMILES string of the molecule is COc1ccc(CC(=O)NCC2CCC(Nc3nc(N(C)C)c4ccccc4n3)CC2)cc1. The number of carbonyl (C=O) groups excluding carboxylic acids is 1. The zero-order chi connectivity index (χ0) is 23.2. The summed E-state index contributed by atoms with van der Waals surface area (Å²) in [6, 6.07) is 16.1. The highest BCUT2D eigenvalue weighted by molar-refractivity contribution is 5.90. The van der Waals surface area contributed by atoms with Gasteiger partial charge in [-0.2, -0.15) is 4.98 Å². The topological polar surface area (TPSA) is 79.4 Å². The molecule has 3 aromatic rings. The van der Waals surface area contributed by atoms with Gasteiger partial charge in [0.05, 0.1) is 19.0 Å². The van der Waals surface area contributed by atoms with Crippen LogP contribution >= 0.6 is 0 Å². The number of nitrogens with zero attached hydrogens (tertiary/aromatic N) is 3. The third-order valence-corrected chi connectivity index (χ3v) is 6.30. The van der Waals surface area contributed by atoms with Crippen molar-refractivity contribution in [1.82, 2.24) is 15.3 Å². The Morgan fingerprint density at radius 3 is 2.45 bits per heavy atom. The lowest BCUT2D eigenvalue weighted by molar-refractivity contribution is -0.120. The van der Waals surface area contributed by atoms with Gasteiger partial charge in [-0.25, -0.2) is 4.98 Å². The molecule has 0 radical (unpaired) electrons. The van der Waals surface area contributed by atoms with Gasteiger partial charge < -0.3 is 20.3 Å². The molecule has 0 saturated heterocycles. The highest BCUT2D eigenvalue weighted by Gasteiger charge is 2.22. The van der Waals surface area contributed by atoms with Gasteiger partial charge >= 0.3 is 0 Å². The number of hydrogen-bond donors (Lipinski definition) is 2. The first-order chi connectivity index (χ1) is 16.0. The highest BCUT2D eigenvalue weighted by atomic mass is 16.5. The number of methoxy groups -OCH3 is 1. The number of nitrogens with one attached hydrogen (secondary N) is 2. The van der Waals surface area contributed by atoms with E-state index in [-0.39, 0.29) is 5.91 Å². The normalized spacial score (nSPS) is 18.0. The van der Waals surface area contributed by atoms with E-state index in [0.717, 1.165) is 60.3 Å². The number of fused-ring (bicyclic) bond motifs is 1. The van der Waals surface area contributed by atoms with E-state index >= 15 is 0 Å². The van der Waals surface area contributed by atoms with E-state index in [4.69, 9.17) is 14.7 Å². The van der Waals surface area contributed by atoms with Crippen LogP contribution in [0.15, 0.2) is 48.5 Å². The first-order valence-corrected chi connectivity index (χ1v) is 11.6. The Hall–Kier alpha value is -3.35. The summed E-state index contributed by atoms with van der Waals surface area (Å²) < 4.78 is 5.17. The maximum atomic E-state index is 12.3. The fourth-order valence-corrected chi connectivity index (χ4v) is 4.41. The zero-order valence-corrected chi connectivity index (χ0v) is 19.7. The molecule has 1 aliphatic carbocycles. The summed E-state index contributed by atoms with van der Waals surface area (Å²) in [7, 11) is 5.65. The Morgan fingerprint density at radius 1 is 1.03 bits per heavy atom. The quantitative estimate of drug-likeness (QED) is 0.543. The van der Waals surface area contributed by atoms with Crippen LogP contribution in [0.5, 0.6) is 5.75 Å². The van der Waals surface area contributed by atoms with Crippen molar-refractivity contribution in [3.63, 3.8) is 0 Å². The standard InChI is InChI=1S/C26H33N5O2/c1-31(2)25-22-6-4-5-7-23(22)29-26(30-25)28-20-12-8-19(9-13-20)17-27-24(32)16-18-10-14-21(33-3)15-11-18/h4-7,10-11,14-15,19-20H,8-9,12-13,16-17H2,1-3H3,(H,27,32)(H,28,29,30). The van der Waals surface area contributed by atoms with Crippen molar-refractivity contribution >= 4 is 28.6 Å². The molecule has 1 fully saturated rings. The van der Waals surface area contributed by atoms with Crippen LogP contribution < -0.4 is 20.3 Å². The zero-order valence-electron chi connectivity index (χ0n) is 19.7. The number of rotatable bonds is 8. The Balaban J connectivity index is 1.25. The van der Waals surface area contributed by atoms with Gasteiger partial charge in [0.15, 0.2) is 0 Å². The second-order valence-corrected chi connectivity index (χ2v) is 8.97. The van der Waals surface area contributed by atoms with Crippen LogP contribution in [0.1, 0.15) is 31.2 Å². The molecule has 7 heteroatoms. The van der Waals surface area contributed by atoms with Gasteiger partial charge in [0, 0.05) is 32.1 Å². The van der Waals surface area contributed by atoms with E-state index in [2.05, 4.69) is 16.7 Å². The molecule has 4 rings (SSSR count). The van der Waals surface area contributed by atoms with Crippen LogP contribution in [0.25, 0.3) is 10.9 Å². The number of carbonyl (C=O) groups is 1. The molecule has 1 heterocycles. The van der Waals surface area contributed by atoms with Crippen LogP contribution in [0.4, 0.5) is 11.8 Å². The predicted molar refractivity (Wildman–Crippen MR) is 133 cm³/mol. The van der Waals surface area contributed by atoms with Gasteiger partial charge in [-0.1, -0.05) is 24.3 Å². The lowest BCUT2D eigenvalue weighted by Gasteiger charge is -2.29. The largest absolute Gasteiger partial charge is 0.497 e. The Morgan fingerprint density at radius 2 is 1.76 bits per heavy atom. The second-order valence-electron chi connectivity index (χ2n) is 8.97. The highest BCUT2D eigenvalue weighted by Crippen LogP contribution is 2.28. The molecule has 1 aliphatic rings. The number of ether oxygens (including phenoxy) is 1. The van der Waals surface area contributed by atoms with Gasteiger partial charge in [-0.05, 0) is 61.4 Å². The average Bonchev–Trinajstić information content (AvgIpc) is 2.83. The first-order valence-electron chi connectivity index (χ1n) is 11.6. The van der Waals surface area contributed by atoms with Crippen LogP contribution in [0.2, 0.25) is 0 Å². The number of aromatic nitrogens is 2. The maximum absolute atomic E-state index is 12.3. The fraction of sp³-hybridized carbons (Fsp3) is 0.423. The molecule has 0 aliphatic heterocycles. The lowest BCUT2D eigenvalue weighted by atomic mass is 9.86. The fourth-order valence-electron chi connectivity index (χ4n) is 4.41. The first kappa shape index (κ1) is 22.8. The summed E-state index contributed by atoms with van der Waals surface area (Å²) in [5, 5.41) is 7.72. The molecular weight excluding hydrogens is 414 g/mol. The predicted octanol–water partition coefficient (Wildman–Crippen LogP) is 4.03. The van der Waals surface area contributed by atoms with E-state index in [0.29, 0.717) is 24.3 Å². The molecule has 7 nitrogen and oxygen atoms in total. The summed E-state index contributed by atoms with van der Waals surface area (Å²) in [6.07, 6.45) is 4.65. The monoisotopic (exact) mass is 447 g/mol. The third-order valence-electron chi connectivity index (χ3n) is 6.30. The lowest BCUT2D eigenvalue weighted by Crippen LogP contribution is -2.34. The minimum atomic E-state index is 0.0705. The number of para-hydroxylation sites is 1. The van der Waals surface area contributed by atoms with Crippen LogP contribution in [0.3, 0.4) is 0 Å². The van der Waals surface area contributed by atoms with Gasteiger partial charge in [0.1, 0.15) is 11.6 Å². The Labute approximate surface area is 195 Å². The van der Waals surface area contributed by atoms with Crippen molar-refractivity contribution in [3.05, 3.63) is 54.1 Å². The molecule has 0 atom stereocenters. The molecule has 1 amide bonds. The molecule has 2 aromatic carbocycles. The number of hydrogen-bond acceptors (Lipinski definition) is 6. The summed E-state index contributed by atoms with van der Waals surface area (Å²) >= 11 is 0. The van der Waals surface area contributed by atoms with E-state index in [1.165, 1.54) is 0 Å². The molecule has 1 aromatic heterocycles. The smallest absolute Gasteiger partial charge is 0.225 e. The van der Waals surface area contributed by atoms with Crippen LogP contribution in [-0.4, -0.2) is 49.7 Å². The van der Waals surface area contributed by atoms with Crippen molar-refractivity contribution < 1.29 is 9.53 Å². The molecule has 0 bridgehead atoms. The summed E-state index contributed by atoms with van der Waals surface area (Å²) in [4.78, 5) is 23.9. The van der Waals surface area contributed by atoms with E-state index in [1.807, 2.05) is 61.5 Å². The van der Waals surface area contributed by atoms with Gasteiger partial charge in [-0.3, -0.25) is 4.79 Å². The molecule has 33 heavy (non-hydrogen) atoms. The molecule has 0 spiro atoms. The second kappa shape index (κ2) is 10.5. The van der Waals surface area contributed by atoms with Crippen molar-refractivity contribution in [2.45, 2.75) is 38.1 Å². The third kappa shape index (κ3) is 5.92. The van der Waals surface area contributed by atoms with Crippen molar-refractivity contribution in [2.75, 3.05) is 38.0 Å². The minimum absolute atomic E-state index is 0.0705. The molecular formula is C26H33N5O2. The van der Waals surface area contributed by atoms with Gasteiger partial charge in [0.25, 0.3) is 0 Å². The molecule has 0 unspecified atom stereocenters. The molecule has 174 valence electrons. The van der Waals surface area contributed by atoms with Gasteiger partial charge in [0.2, 0.25) is 11.9 Å². The average molecular weight is 448 g/mol. The minimum Gasteiger partial charge on any atom is -0.497 e. The van der Waals surface area contributed by atoms with Crippen molar-refractivity contribution in [2.24, 2.45) is 5.92 Å². The van der Waals surface area contributed by atoms with Crippen LogP contribution in [-0.2, 0) is 11.2 Å². The molecule has 2 N–H and O–H groups in total. The van der Waals surface area contributed by atoms with E-state index in [1.54, 1.807) is 7.11 Å². The van der Waals surface area contributed by atoms with Crippen molar-refractivity contribution in [1.29, 1.82) is 0 Å². The summed E-state index contributed by atoms with van der Waals surface area (Å²) in [6.45, 7) is 0.735. The maximum Gasteiger partial charge on any atom is 0.225 e. The van der Waals surface area contributed by atoms with Crippen LogP contribution in [0, 0.1) is 5.92 Å². The van der Waals surface area contributed by atoms with E-state index < -0.39 is 0 Å². The number of amides is 1. The Kier molecular flexibility index (Phi) is 7.27. The number of benzene rings is 2. The Bertz CT molecular complexity index is 1080. The van der Waals surface area contributed by atoms with Crippen molar-refractivity contribution in [3.8, 4) is 5.75 Å². The van der Waals surface area contributed by atoms with Gasteiger partial charge in [-0.15, -0.1) is 0 Å². The summed E-state index contributed by atoms with van der Waals surface area (Å²) in [5.41, 5.74) is 1.95.